The number of hydrogen-bond acceptors (Lipinski definition) is 2. The van der Waals surface area contributed by atoms with Crippen molar-refractivity contribution in [1.29, 1.82) is 0 Å². The summed E-state index contributed by atoms with van der Waals surface area (Å²) in [5, 5.41) is 3.09. The maximum absolute atomic E-state index is 12.2. The molecule has 1 heterocycles. The molecule has 1 atom stereocenters. The molecule has 1 amide bonds. The highest BCUT2D eigenvalue weighted by molar-refractivity contribution is 5.91. The second-order valence-corrected chi connectivity index (χ2v) is 5.72. The molecule has 1 unspecified atom stereocenters. The van der Waals surface area contributed by atoms with E-state index in [-0.39, 0.29) is 11.9 Å². The third-order valence-corrected chi connectivity index (χ3v) is 3.34. The highest BCUT2D eigenvalue weighted by Gasteiger charge is 2.14. The van der Waals surface area contributed by atoms with Crippen LogP contribution in [-0.2, 0) is 4.79 Å². The first kappa shape index (κ1) is 16.0. The second kappa shape index (κ2) is 8.13. The minimum Gasteiger partial charge on any atom is -0.346 e. The van der Waals surface area contributed by atoms with Gasteiger partial charge in [-0.3, -0.25) is 9.78 Å². The molecule has 0 saturated heterocycles. The molecule has 0 fully saturated rings. The van der Waals surface area contributed by atoms with Crippen molar-refractivity contribution in [2.75, 3.05) is 0 Å². The SMILES string of the molecule is CC(C)CC(NC(=O)/C=C/c1cccnc1)c1ccccc1. The smallest absolute Gasteiger partial charge is 0.244 e. The van der Waals surface area contributed by atoms with Crippen LogP contribution < -0.4 is 5.32 Å². The molecule has 1 aromatic carbocycles. The normalized spacial score (nSPS) is 12.5. The van der Waals surface area contributed by atoms with E-state index in [1.54, 1.807) is 24.5 Å². The molecule has 22 heavy (non-hydrogen) atoms. The van der Waals surface area contributed by atoms with Crippen molar-refractivity contribution in [2.24, 2.45) is 5.92 Å². The Morgan fingerprint density at radius 1 is 1.18 bits per heavy atom. The molecule has 114 valence electrons. The third-order valence-electron chi connectivity index (χ3n) is 3.34. The molecule has 0 spiro atoms. The molecule has 3 nitrogen and oxygen atoms in total. The minimum absolute atomic E-state index is 0.0345. The lowest BCUT2D eigenvalue weighted by atomic mass is 9.97. The summed E-state index contributed by atoms with van der Waals surface area (Å²) in [5.74, 6) is 0.422. The number of rotatable bonds is 6. The standard InChI is InChI=1S/C19H22N2O/c1-15(2)13-18(17-8-4-3-5-9-17)21-19(22)11-10-16-7-6-12-20-14-16/h3-12,14-15,18H,13H2,1-2H3,(H,21,22)/b11-10+. The predicted molar refractivity (Wildman–Crippen MR) is 90.1 cm³/mol. The van der Waals surface area contributed by atoms with Crippen molar-refractivity contribution in [3.63, 3.8) is 0 Å². The highest BCUT2D eigenvalue weighted by Crippen LogP contribution is 2.21. The van der Waals surface area contributed by atoms with Crippen LogP contribution in [0.4, 0.5) is 0 Å². The van der Waals surface area contributed by atoms with Gasteiger partial charge in [0.25, 0.3) is 0 Å². The fraction of sp³-hybridized carbons (Fsp3) is 0.263. The zero-order valence-corrected chi connectivity index (χ0v) is 13.1. The van der Waals surface area contributed by atoms with Gasteiger partial charge in [0, 0.05) is 18.5 Å². The van der Waals surface area contributed by atoms with E-state index in [2.05, 4.69) is 36.3 Å². The lowest BCUT2D eigenvalue weighted by Gasteiger charge is -2.20. The Hall–Kier alpha value is -2.42. The van der Waals surface area contributed by atoms with E-state index in [0.717, 1.165) is 17.5 Å². The van der Waals surface area contributed by atoms with Crippen molar-refractivity contribution in [3.05, 3.63) is 72.1 Å². The van der Waals surface area contributed by atoms with E-state index in [4.69, 9.17) is 0 Å². The predicted octanol–water partition coefficient (Wildman–Crippen LogP) is 4.00. The average Bonchev–Trinajstić information content (AvgIpc) is 2.54. The van der Waals surface area contributed by atoms with E-state index in [1.807, 2.05) is 30.3 Å². The molecule has 0 aliphatic carbocycles. The fourth-order valence-electron chi connectivity index (χ4n) is 2.30. The van der Waals surface area contributed by atoms with Crippen molar-refractivity contribution in [3.8, 4) is 0 Å². The van der Waals surface area contributed by atoms with Gasteiger partial charge in [0.2, 0.25) is 5.91 Å². The van der Waals surface area contributed by atoms with Crippen molar-refractivity contribution in [1.82, 2.24) is 10.3 Å². The van der Waals surface area contributed by atoms with Crippen molar-refractivity contribution in [2.45, 2.75) is 26.3 Å². The molecule has 1 aromatic heterocycles. The maximum atomic E-state index is 12.2. The zero-order valence-electron chi connectivity index (χ0n) is 13.1. The number of carbonyl (C=O) groups is 1. The monoisotopic (exact) mass is 294 g/mol. The van der Waals surface area contributed by atoms with Crippen LogP contribution in [0.5, 0.6) is 0 Å². The maximum Gasteiger partial charge on any atom is 0.244 e. The van der Waals surface area contributed by atoms with Crippen LogP contribution in [0.25, 0.3) is 6.08 Å². The summed E-state index contributed by atoms with van der Waals surface area (Å²) in [6, 6.07) is 13.9. The first-order valence-corrected chi connectivity index (χ1v) is 7.58. The molecule has 2 aromatic rings. The van der Waals surface area contributed by atoms with Crippen LogP contribution in [0, 0.1) is 5.92 Å². The van der Waals surface area contributed by atoms with Crippen LogP contribution in [0.2, 0.25) is 0 Å². The zero-order chi connectivity index (χ0) is 15.8. The summed E-state index contributed by atoms with van der Waals surface area (Å²) in [6.07, 6.45) is 7.70. The number of carbonyl (C=O) groups excluding carboxylic acids is 1. The number of nitrogens with zero attached hydrogens (tertiary/aromatic N) is 1. The van der Waals surface area contributed by atoms with E-state index in [9.17, 15) is 4.79 Å². The largest absolute Gasteiger partial charge is 0.346 e. The van der Waals surface area contributed by atoms with Gasteiger partial charge in [-0.05, 0) is 35.6 Å². The van der Waals surface area contributed by atoms with Gasteiger partial charge in [-0.25, -0.2) is 0 Å². The van der Waals surface area contributed by atoms with Gasteiger partial charge in [0.05, 0.1) is 6.04 Å². The van der Waals surface area contributed by atoms with Crippen molar-refractivity contribution >= 4 is 12.0 Å². The molecule has 2 rings (SSSR count). The number of nitrogens with one attached hydrogen (secondary N) is 1. The third kappa shape index (κ3) is 5.17. The van der Waals surface area contributed by atoms with Gasteiger partial charge in [0.1, 0.15) is 0 Å². The number of hydrogen-bond donors (Lipinski definition) is 1. The van der Waals surface area contributed by atoms with Crippen LogP contribution >= 0.6 is 0 Å². The molecule has 0 aliphatic heterocycles. The highest BCUT2D eigenvalue weighted by atomic mass is 16.1. The Balaban J connectivity index is 2.04. The molecular weight excluding hydrogens is 272 g/mol. The average molecular weight is 294 g/mol. The van der Waals surface area contributed by atoms with Crippen molar-refractivity contribution < 1.29 is 4.79 Å². The first-order valence-electron chi connectivity index (χ1n) is 7.58. The van der Waals surface area contributed by atoms with Gasteiger partial charge in [-0.15, -0.1) is 0 Å². The summed E-state index contributed by atoms with van der Waals surface area (Å²) in [7, 11) is 0. The first-order chi connectivity index (χ1) is 10.6. The molecule has 1 N–H and O–H groups in total. The Kier molecular flexibility index (Phi) is 5.90. The number of amides is 1. The van der Waals surface area contributed by atoms with E-state index >= 15 is 0 Å². The molecule has 0 radical (unpaired) electrons. The van der Waals surface area contributed by atoms with E-state index in [1.165, 1.54) is 0 Å². The van der Waals surface area contributed by atoms with Crippen LogP contribution in [0.15, 0.2) is 60.9 Å². The topological polar surface area (TPSA) is 42.0 Å². The molecule has 0 saturated carbocycles. The summed E-state index contributed by atoms with van der Waals surface area (Å²) >= 11 is 0. The van der Waals surface area contributed by atoms with E-state index in [0.29, 0.717) is 5.92 Å². The summed E-state index contributed by atoms with van der Waals surface area (Å²) in [4.78, 5) is 16.2. The Labute approximate surface area is 132 Å². The van der Waals surface area contributed by atoms with Gasteiger partial charge >= 0.3 is 0 Å². The van der Waals surface area contributed by atoms with Crippen LogP contribution in [-0.4, -0.2) is 10.9 Å². The molecule has 0 aliphatic rings. The summed E-state index contributed by atoms with van der Waals surface area (Å²) in [5.41, 5.74) is 2.05. The lowest BCUT2D eigenvalue weighted by Crippen LogP contribution is -2.27. The Morgan fingerprint density at radius 2 is 1.95 bits per heavy atom. The Bertz CT molecular complexity index is 606. The van der Waals surface area contributed by atoms with Gasteiger partial charge < -0.3 is 5.32 Å². The number of benzene rings is 1. The Morgan fingerprint density at radius 3 is 2.59 bits per heavy atom. The van der Waals surface area contributed by atoms with Gasteiger partial charge in [-0.2, -0.15) is 0 Å². The number of aromatic nitrogens is 1. The molecular formula is C19H22N2O. The quantitative estimate of drug-likeness (QED) is 0.818. The van der Waals surface area contributed by atoms with Gasteiger partial charge in [-0.1, -0.05) is 50.2 Å². The van der Waals surface area contributed by atoms with Gasteiger partial charge in [0.15, 0.2) is 0 Å². The summed E-state index contributed by atoms with van der Waals surface area (Å²) in [6.45, 7) is 4.32. The molecule has 0 bridgehead atoms. The summed E-state index contributed by atoms with van der Waals surface area (Å²) < 4.78 is 0. The van der Waals surface area contributed by atoms with Crippen LogP contribution in [0.1, 0.15) is 37.4 Å². The number of pyridine rings is 1. The molecule has 3 heteroatoms. The second-order valence-electron chi connectivity index (χ2n) is 5.72. The van der Waals surface area contributed by atoms with E-state index < -0.39 is 0 Å². The minimum atomic E-state index is -0.0849. The van der Waals surface area contributed by atoms with Crippen LogP contribution in [0.3, 0.4) is 0 Å². The lowest BCUT2D eigenvalue weighted by molar-refractivity contribution is -0.117. The fourth-order valence-corrected chi connectivity index (χ4v) is 2.30.